The molecule has 2 rings (SSSR count). The molecular formula is C14H20N2OS. The molecule has 1 heterocycles. The molecule has 0 saturated carbocycles. The van der Waals surface area contributed by atoms with E-state index < -0.39 is 0 Å². The van der Waals surface area contributed by atoms with Crippen LogP contribution in [-0.2, 0) is 6.42 Å². The Morgan fingerprint density at radius 1 is 1.39 bits per heavy atom. The van der Waals surface area contributed by atoms with Crippen LogP contribution < -0.4 is 15.4 Å². The third-order valence-electron chi connectivity index (χ3n) is 2.87. The monoisotopic (exact) mass is 264 g/mol. The van der Waals surface area contributed by atoms with Crippen molar-refractivity contribution in [2.75, 3.05) is 13.1 Å². The van der Waals surface area contributed by atoms with Crippen LogP contribution in [0.25, 0.3) is 0 Å². The number of ether oxygens (including phenoxy) is 1. The fourth-order valence-corrected chi connectivity index (χ4v) is 2.10. The molecule has 98 valence electrons. The SMILES string of the molecule is CC(C)CNC(=S)NCC1Cc2ccccc2O1. The Bertz CT molecular complexity index is 395. The Morgan fingerprint density at radius 2 is 2.17 bits per heavy atom. The standard InChI is InChI=1S/C14H20N2OS/c1-10(2)8-15-14(18)16-9-12-7-11-5-3-4-6-13(11)17-12/h3-6,10,12H,7-9H2,1-2H3,(H2,15,16,18). The van der Waals surface area contributed by atoms with E-state index in [0.29, 0.717) is 11.0 Å². The second-order valence-corrected chi connectivity index (χ2v) is 5.44. The van der Waals surface area contributed by atoms with Crippen molar-refractivity contribution in [3.8, 4) is 5.75 Å². The lowest BCUT2D eigenvalue weighted by Gasteiger charge is -2.15. The summed E-state index contributed by atoms with van der Waals surface area (Å²) >= 11 is 5.22. The third-order valence-corrected chi connectivity index (χ3v) is 3.16. The van der Waals surface area contributed by atoms with Gasteiger partial charge in [-0.15, -0.1) is 0 Å². The molecule has 1 unspecified atom stereocenters. The number of thiocarbonyl (C=S) groups is 1. The molecule has 0 saturated heterocycles. The summed E-state index contributed by atoms with van der Waals surface area (Å²) in [7, 11) is 0. The highest BCUT2D eigenvalue weighted by Crippen LogP contribution is 2.27. The van der Waals surface area contributed by atoms with Crippen LogP contribution in [0.1, 0.15) is 19.4 Å². The molecule has 0 spiro atoms. The van der Waals surface area contributed by atoms with E-state index in [1.807, 2.05) is 18.2 Å². The number of benzene rings is 1. The van der Waals surface area contributed by atoms with Gasteiger partial charge in [-0.3, -0.25) is 0 Å². The fourth-order valence-electron chi connectivity index (χ4n) is 1.93. The maximum absolute atomic E-state index is 5.83. The average Bonchev–Trinajstić information content (AvgIpc) is 2.76. The molecule has 18 heavy (non-hydrogen) atoms. The van der Waals surface area contributed by atoms with Crippen LogP contribution >= 0.6 is 12.2 Å². The maximum Gasteiger partial charge on any atom is 0.166 e. The second kappa shape index (κ2) is 6.05. The Hall–Kier alpha value is -1.29. The normalized spacial score (nSPS) is 17.2. The van der Waals surface area contributed by atoms with Gasteiger partial charge in [0.25, 0.3) is 0 Å². The zero-order valence-electron chi connectivity index (χ0n) is 10.9. The van der Waals surface area contributed by atoms with Crippen molar-refractivity contribution >= 4 is 17.3 Å². The first-order valence-electron chi connectivity index (χ1n) is 6.41. The van der Waals surface area contributed by atoms with Gasteiger partial charge in [0, 0.05) is 13.0 Å². The predicted octanol–water partition coefficient (Wildman–Crippen LogP) is 2.11. The first-order valence-corrected chi connectivity index (χ1v) is 6.82. The Kier molecular flexibility index (Phi) is 4.42. The predicted molar refractivity (Wildman–Crippen MR) is 78.0 cm³/mol. The quantitative estimate of drug-likeness (QED) is 0.816. The Balaban J connectivity index is 1.72. The van der Waals surface area contributed by atoms with Gasteiger partial charge < -0.3 is 15.4 Å². The molecule has 1 aliphatic rings. The molecule has 0 fully saturated rings. The van der Waals surface area contributed by atoms with Crippen molar-refractivity contribution in [2.24, 2.45) is 5.92 Å². The summed E-state index contributed by atoms with van der Waals surface area (Å²) < 4.78 is 5.83. The molecule has 4 heteroatoms. The minimum atomic E-state index is 0.182. The van der Waals surface area contributed by atoms with Crippen LogP contribution in [0.15, 0.2) is 24.3 Å². The van der Waals surface area contributed by atoms with Gasteiger partial charge in [0.15, 0.2) is 5.11 Å². The van der Waals surface area contributed by atoms with Crippen LogP contribution in [0.3, 0.4) is 0 Å². The lowest BCUT2D eigenvalue weighted by Crippen LogP contribution is -2.41. The van der Waals surface area contributed by atoms with Gasteiger partial charge in [-0.25, -0.2) is 0 Å². The third kappa shape index (κ3) is 3.60. The highest BCUT2D eigenvalue weighted by Gasteiger charge is 2.21. The Labute approximate surface area is 114 Å². The highest BCUT2D eigenvalue weighted by molar-refractivity contribution is 7.80. The van der Waals surface area contributed by atoms with E-state index in [9.17, 15) is 0 Å². The van der Waals surface area contributed by atoms with Gasteiger partial charge in [0.1, 0.15) is 11.9 Å². The van der Waals surface area contributed by atoms with Gasteiger partial charge in [0.05, 0.1) is 6.54 Å². The van der Waals surface area contributed by atoms with E-state index in [-0.39, 0.29) is 6.10 Å². The van der Waals surface area contributed by atoms with Gasteiger partial charge in [-0.1, -0.05) is 32.0 Å². The van der Waals surface area contributed by atoms with Crippen molar-refractivity contribution < 1.29 is 4.74 Å². The molecule has 3 nitrogen and oxygen atoms in total. The topological polar surface area (TPSA) is 33.3 Å². The molecule has 2 N–H and O–H groups in total. The molecule has 0 bridgehead atoms. The lowest BCUT2D eigenvalue weighted by molar-refractivity contribution is 0.235. The largest absolute Gasteiger partial charge is 0.488 e. The zero-order chi connectivity index (χ0) is 13.0. The first-order chi connectivity index (χ1) is 8.65. The summed E-state index contributed by atoms with van der Waals surface area (Å²) in [6.45, 7) is 5.97. The molecule has 1 aromatic carbocycles. The van der Waals surface area contributed by atoms with Crippen molar-refractivity contribution in [3.05, 3.63) is 29.8 Å². The number of hydrogen-bond acceptors (Lipinski definition) is 2. The lowest BCUT2D eigenvalue weighted by atomic mass is 10.1. The average molecular weight is 264 g/mol. The highest BCUT2D eigenvalue weighted by atomic mass is 32.1. The fraction of sp³-hybridized carbons (Fsp3) is 0.500. The van der Waals surface area contributed by atoms with Gasteiger partial charge >= 0.3 is 0 Å². The molecule has 1 aliphatic heterocycles. The molecule has 1 aromatic rings. The van der Waals surface area contributed by atoms with E-state index in [1.165, 1.54) is 5.56 Å². The molecule has 0 radical (unpaired) electrons. The van der Waals surface area contributed by atoms with Crippen molar-refractivity contribution in [1.29, 1.82) is 0 Å². The molecule has 0 aromatic heterocycles. The number of fused-ring (bicyclic) bond motifs is 1. The van der Waals surface area contributed by atoms with Crippen LogP contribution in [0, 0.1) is 5.92 Å². The smallest absolute Gasteiger partial charge is 0.166 e. The van der Waals surface area contributed by atoms with Crippen LogP contribution in [0.5, 0.6) is 5.75 Å². The summed E-state index contributed by atoms with van der Waals surface area (Å²) in [6, 6.07) is 8.19. The van der Waals surface area contributed by atoms with Crippen LogP contribution in [-0.4, -0.2) is 24.3 Å². The number of para-hydroxylation sites is 1. The number of hydrogen-bond donors (Lipinski definition) is 2. The first kappa shape index (κ1) is 13.1. The van der Waals surface area contributed by atoms with E-state index in [0.717, 1.165) is 25.3 Å². The summed E-state index contributed by atoms with van der Waals surface area (Å²) in [5, 5.41) is 7.11. The zero-order valence-corrected chi connectivity index (χ0v) is 11.7. The van der Waals surface area contributed by atoms with E-state index >= 15 is 0 Å². The molecule has 0 aliphatic carbocycles. The van der Waals surface area contributed by atoms with Gasteiger partial charge in [-0.2, -0.15) is 0 Å². The molecule has 0 amide bonds. The van der Waals surface area contributed by atoms with Crippen molar-refractivity contribution in [3.63, 3.8) is 0 Å². The van der Waals surface area contributed by atoms with Crippen molar-refractivity contribution in [1.82, 2.24) is 10.6 Å². The number of rotatable bonds is 4. The number of nitrogens with one attached hydrogen (secondary N) is 2. The maximum atomic E-state index is 5.83. The summed E-state index contributed by atoms with van der Waals surface area (Å²) in [5.74, 6) is 1.60. The minimum Gasteiger partial charge on any atom is -0.488 e. The molecular weight excluding hydrogens is 244 g/mol. The van der Waals surface area contributed by atoms with E-state index in [2.05, 4.69) is 30.5 Å². The summed E-state index contributed by atoms with van der Waals surface area (Å²) in [5.41, 5.74) is 1.28. The Morgan fingerprint density at radius 3 is 2.89 bits per heavy atom. The van der Waals surface area contributed by atoms with Gasteiger partial charge in [0.2, 0.25) is 0 Å². The minimum absolute atomic E-state index is 0.182. The molecule has 1 atom stereocenters. The van der Waals surface area contributed by atoms with Crippen LogP contribution in [0.4, 0.5) is 0 Å². The summed E-state index contributed by atoms with van der Waals surface area (Å²) in [6.07, 6.45) is 1.14. The van der Waals surface area contributed by atoms with E-state index in [1.54, 1.807) is 0 Å². The summed E-state index contributed by atoms with van der Waals surface area (Å²) in [4.78, 5) is 0. The van der Waals surface area contributed by atoms with Crippen molar-refractivity contribution in [2.45, 2.75) is 26.4 Å². The second-order valence-electron chi connectivity index (χ2n) is 5.04. The van der Waals surface area contributed by atoms with Crippen LogP contribution in [0.2, 0.25) is 0 Å². The van der Waals surface area contributed by atoms with Gasteiger partial charge in [-0.05, 0) is 29.8 Å². The van der Waals surface area contributed by atoms with E-state index in [4.69, 9.17) is 17.0 Å².